The van der Waals surface area contributed by atoms with Crippen molar-refractivity contribution < 1.29 is 49.1 Å². The molecule has 280 valence electrons. The number of aliphatic hydroxyl groups is 4. The minimum atomic E-state index is -2.50. The number of carbonyl (C=O) groups is 4. The van der Waals surface area contributed by atoms with Gasteiger partial charge in [0.25, 0.3) is 5.91 Å². The van der Waals surface area contributed by atoms with Crippen LogP contribution in [0.2, 0.25) is 0 Å². The highest BCUT2D eigenvalue weighted by Gasteiger charge is 2.75. The van der Waals surface area contributed by atoms with Gasteiger partial charge in [0, 0.05) is 42.1 Å². The molecular weight excluding hydrogens is 666 g/mol. The SMILES string of the molecule is CC(=O)O[C@@]12CC[C@@H]1C[C@H](O)[C@@]1(C)C(=O)[C@H](C)C3=C(C)C(O)(OC(=O)[C@H](O)[C@@H](NC(=O)c4ccccc4)c4ccccc4)C[C@@](O)([C@@H](C)[C@H]21)C3(C)C. The monoisotopic (exact) mass is 717 g/mol. The number of rotatable bonds is 7. The minimum Gasteiger partial charge on any atom is -0.459 e. The smallest absolute Gasteiger partial charge is 0.340 e. The molecule has 3 saturated carbocycles. The normalized spacial score (nSPS) is 37.5. The Morgan fingerprint density at radius 1 is 0.942 bits per heavy atom. The first kappa shape index (κ1) is 37.8. The van der Waals surface area contributed by atoms with Crippen molar-refractivity contribution in [2.75, 3.05) is 0 Å². The molecule has 1 amide bonds. The summed E-state index contributed by atoms with van der Waals surface area (Å²) in [6, 6.07) is 15.4. The van der Waals surface area contributed by atoms with Crippen molar-refractivity contribution in [1.82, 2.24) is 5.32 Å². The Balaban J connectivity index is 1.42. The number of ketones is 1. The van der Waals surface area contributed by atoms with Crippen molar-refractivity contribution in [1.29, 1.82) is 0 Å². The van der Waals surface area contributed by atoms with E-state index >= 15 is 0 Å². The summed E-state index contributed by atoms with van der Waals surface area (Å²) in [5.74, 6) is -8.13. The molecule has 0 heterocycles. The molecule has 11 atom stereocenters. The lowest BCUT2D eigenvalue weighted by Gasteiger charge is -2.69. The number of esters is 2. The third-order valence-corrected chi connectivity index (χ3v) is 13.5. The lowest BCUT2D eigenvalue weighted by atomic mass is 9.38. The van der Waals surface area contributed by atoms with Crippen molar-refractivity contribution in [3.05, 3.63) is 82.9 Å². The van der Waals surface area contributed by atoms with E-state index in [0.29, 0.717) is 29.5 Å². The van der Waals surface area contributed by atoms with Gasteiger partial charge in [0.1, 0.15) is 11.4 Å². The molecule has 0 aromatic heterocycles. The maximum absolute atomic E-state index is 14.9. The number of hydrogen-bond donors (Lipinski definition) is 5. The lowest BCUT2D eigenvalue weighted by Crippen LogP contribution is -2.76. The Bertz CT molecular complexity index is 1790. The first-order valence-electron chi connectivity index (χ1n) is 18.2. The second kappa shape index (κ2) is 12.9. The minimum absolute atomic E-state index is 0.129. The lowest BCUT2D eigenvalue weighted by molar-refractivity contribution is -0.294. The van der Waals surface area contributed by atoms with Crippen LogP contribution in [0.4, 0.5) is 0 Å². The van der Waals surface area contributed by atoms with Crippen LogP contribution in [0.1, 0.15) is 96.1 Å². The molecule has 5 N–H and O–H groups in total. The zero-order chi connectivity index (χ0) is 38.2. The number of amides is 1. The van der Waals surface area contributed by atoms with Crippen LogP contribution in [0, 0.1) is 34.5 Å². The van der Waals surface area contributed by atoms with Crippen LogP contribution in [-0.4, -0.2) is 73.3 Å². The van der Waals surface area contributed by atoms with Crippen LogP contribution < -0.4 is 5.32 Å². The Labute approximate surface area is 304 Å². The van der Waals surface area contributed by atoms with E-state index in [0.717, 1.165) is 0 Å². The largest absolute Gasteiger partial charge is 0.459 e. The fourth-order valence-electron chi connectivity index (χ4n) is 10.7. The predicted molar refractivity (Wildman–Crippen MR) is 189 cm³/mol. The number of nitrogens with one attached hydrogen (secondary N) is 1. The molecule has 4 aliphatic carbocycles. The molecule has 0 radical (unpaired) electrons. The van der Waals surface area contributed by atoms with E-state index in [1.54, 1.807) is 95.3 Å². The first-order valence-corrected chi connectivity index (χ1v) is 18.2. The van der Waals surface area contributed by atoms with E-state index in [-0.39, 0.29) is 23.7 Å². The number of carbonyl (C=O) groups excluding carboxylic acids is 4. The summed E-state index contributed by atoms with van der Waals surface area (Å²) in [6.45, 7) is 11.5. The van der Waals surface area contributed by atoms with Crippen molar-refractivity contribution in [3.63, 3.8) is 0 Å². The molecule has 11 heteroatoms. The van der Waals surface area contributed by atoms with E-state index in [2.05, 4.69) is 5.32 Å². The molecular formula is C41H51NO10. The average Bonchev–Trinajstić information content (AvgIpc) is 3.09. The van der Waals surface area contributed by atoms with Gasteiger partial charge in [-0.3, -0.25) is 14.4 Å². The van der Waals surface area contributed by atoms with Crippen molar-refractivity contribution in [2.24, 2.45) is 34.5 Å². The van der Waals surface area contributed by atoms with Crippen molar-refractivity contribution in [2.45, 2.75) is 109 Å². The van der Waals surface area contributed by atoms with Crippen LogP contribution in [0.5, 0.6) is 0 Å². The van der Waals surface area contributed by atoms with E-state index in [4.69, 9.17) is 9.47 Å². The quantitative estimate of drug-likeness (QED) is 0.159. The van der Waals surface area contributed by atoms with Crippen LogP contribution >= 0.6 is 0 Å². The number of fused-ring (bicyclic) bond motifs is 5. The van der Waals surface area contributed by atoms with Gasteiger partial charge in [0.2, 0.25) is 5.79 Å². The maximum Gasteiger partial charge on any atom is 0.340 e. The second-order valence-corrected chi connectivity index (χ2v) is 16.3. The van der Waals surface area contributed by atoms with E-state index in [1.165, 1.54) is 13.8 Å². The van der Waals surface area contributed by atoms with Crippen LogP contribution in [0.25, 0.3) is 0 Å². The van der Waals surface area contributed by atoms with E-state index in [9.17, 15) is 39.6 Å². The molecule has 4 aliphatic rings. The number of Topliss-reactive ketones (excluding diaryl/α,β-unsaturated/α-hetero) is 1. The van der Waals surface area contributed by atoms with E-state index < -0.39 is 88.1 Å². The first-order chi connectivity index (χ1) is 24.3. The molecule has 2 aromatic carbocycles. The van der Waals surface area contributed by atoms with Crippen LogP contribution in [0.3, 0.4) is 0 Å². The van der Waals surface area contributed by atoms with Gasteiger partial charge in [-0.05, 0) is 67.9 Å². The maximum atomic E-state index is 14.9. The fourth-order valence-corrected chi connectivity index (χ4v) is 10.7. The topological polar surface area (TPSA) is 180 Å². The molecule has 2 aromatic rings. The Morgan fingerprint density at radius 3 is 2.10 bits per heavy atom. The Morgan fingerprint density at radius 2 is 1.54 bits per heavy atom. The van der Waals surface area contributed by atoms with Gasteiger partial charge < -0.3 is 35.2 Å². The standard InChI is InChI=1S/C41H51NO10/c1-22-30-23(2)41(50,52-36(48)32(45)31(26-14-10-8-11-15-26)42-35(47)27-16-12-9-13-17-27)21-40(49,37(30,5)6)24(3)33-38(7,34(22)46)29(44)20-28-18-19-39(28,33)51-25(4)43/h8-17,22,24,28-29,31-33,44-45,49-50H,18-21H2,1-7H3,(H,42,47)/t22-,24+,28-,29+,31+,32-,33+,38-,39+,40-,41?/m1/s1. The average molecular weight is 718 g/mol. The zero-order valence-corrected chi connectivity index (χ0v) is 30.9. The highest BCUT2D eigenvalue weighted by atomic mass is 16.7. The summed E-state index contributed by atoms with van der Waals surface area (Å²) in [5, 5.41) is 51.6. The van der Waals surface area contributed by atoms with Crippen molar-refractivity contribution in [3.8, 4) is 0 Å². The van der Waals surface area contributed by atoms with E-state index in [1.807, 2.05) is 0 Å². The summed E-state index contributed by atoms with van der Waals surface area (Å²) in [5.41, 5.74) is -4.46. The molecule has 52 heavy (non-hydrogen) atoms. The highest BCUT2D eigenvalue weighted by Crippen LogP contribution is 2.69. The van der Waals surface area contributed by atoms with Gasteiger partial charge in [0.05, 0.1) is 23.2 Å². The third-order valence-electron chi connectivity index (χ3n) is 13.5. The van der Waals surface area contributed by atoms with Crippen LogP contribution in [0.15, 0.2) is 71.8 Å². The van der Waals surface area contributed by atoms with Gasteiger partial charge in [-0.25, -0.2) is 4.79 Å². The molecule has 0 spiro atoms. The summed E-state index contributed by atoms with van der Waals surface area (Å²) in [6.07, 6.45) is -2.25. The van der Waals surface area contributed by atoms with Gasteiger partial charge in [-0.1, -0.05) is 76.2 Å². The van der Waals surface area contributed by atoms with Gasteiger partial charge in [0.15, 0.2) is 6.10 Å². The molecule has 6 rings (SSSR count). The predicted octanol–water partition coefficient (Wildman–Crippen LogP) is 4.18. The second-order valence-electron chi connectivity index (χ2n) is 16.3. The Kier molecular flexibility index (Phi) is 9.39. The summed E-state index contributed by atoms with van der Waals surface area (Å²) < 4.78 is 12.0. The number of benzene rings is 2. The molecule has 3 fully saturated rings. The summed E-state index contributed by atoms with van der Waals surface area (Å²) in [4.78, 5) is 54.8. The van der Waals surface area contributed by atoms with Gasteiger partial charge in [-0.15, -0.1) is 0 Å². The van der Waals surface area contributed by atoms with Gasteiger partial charge >= 0.3 is 11.9 Å². The molecule has 0 aliphatic heterocycles. The number of ether oxygens (including phenoxy) is 2. The zero-order valence-electron chi connectivity index (χ0n) is 30.9. The summed E-state index contributed by atoms with van der Waals surface area (Å²) >= 11 is 0. The molecule has 0 saturated heterocycles. The summed E-state index contributed by atoms with van der Waals surface area (Å²) in [7, 11) is 0. The highest BCUT2D eigenvalue weighted by molar-refractivity contribution is 5.95. The number of hydrogen-bond acceptors (Lipinski definition) is 10. The molecule has 1 unspecified atom stereocenters. The van der Waals surface area contributed by atoms with Crippen LogP contribution in [-0.2, 0) is 23.9 Å². The van der Waals surface area contributed by atoms with Crippen molar-refractivity contribution >= 4 is 23.6 Å². The molecule has 11 nitrogen and oxygen atoms in total. The number of aliphatic hydroxyl groups excluding tert-OH is 2. The Hall–Kier alpha value is -3.90. The fraction of sp³-hybridized carbons (Fsp3) is 0.561. The molecule has 2 bridgehead atoms. The third kappa shape index (κ3) is 5.46. The van der Waals surface area contributed by atoms with Gasteiger partial charge in [-0.2, -0.15) is 0 Å².